The molecule has 0 radical (unpaired) electrons. The van der Waals surface area contributed by atoms with Gasteiger partial charge in [-0.05, 0) is 53.9 Å². The maximum Gasteiger partial charge on any atom is 0.264 e. The number of ether oxygens (including phenoxy) is 2. The van der Waals surface area contributed by atoms with Crippen LogP contribution in [0.1, 0.15) is 24.0 Å². The van der Waals surface area contributed by atoms with Crippen molar-refractivity contribution in [2.75, 3.05) is 30.6 Å². The molecular formula is C28H28FN3O6S. The van der Waals surface area contributed by atoms with E-state index in [0.29, 0.717) is 31.1 Å². The Morgan fingerprint density at radius 2 is 1.64 bits per heavy atom. The molecule has 1 saturated heterocycles. The summed E-state index contributed by atoms with van der Waals surface area (Å²) < 4.78 is 52.8. The zero-order chi connectivity index (χ0) is 27.4. The number of carbonyl (C=O) groups is 2. The SMILES string of the molecule is O=C(CN(c1ccc(F)cc1)S(=O)(=O)c1ccc2c(c1)OCCO2)NCc1ccc(CN2CCCC2=O)cc1. The molecule has 204 valence electrons. The quantitative estimate of drug-likeness (QED) is 0.436. The third-order valence-electron chi connectivity index (χ3n) is 6.56. The van der Waals surface area contributed by atoms with E-state index in [1.165, 1.54) is 30.3 Å². The maximum absolute atomic E-state index is 13.6. The molecule has 0 aromatic heterocycles. The predicted molar refractivity (Wildman–Crippen MR) is 141 cm³/mol. The molecule has 0 bridgehead atoms. The molecule has 3 aromatic rings. The summed E-state index contributed by atoms with van der Waals surface area (Å²) in [7, 11) is -4.22. The number of nitrogens with one attached hydrogen (secondary N) is 1. The maximum atomic E-state index is 13.6. The second kappa shape index (κ2) is 11.3. The number of carbonyl (C=O) groups excluding carboxylic acids is 2. The van der Waals surface area contributed by atoms with Gasteiger partial charge in [-0.25, -0.2) is 12.8 Å². The summed E-state index contributed by atoms with van der Waals surface area (Å²) in [4.78, 5) is 26.5. The molecule has 9 nitrogen and oxygen atoms in total. The Balaban J connectivity index is 1.29. The van der Waals surface area contributed by atoms with Crippen LogP contribution < -0.4 is 19.1 Å². The summed E-state index contributed by atoms with van der Waals surface area (Å²) in [5.74, 6) is -0.180. The monoisotopic (exact) mass is 553 g/mol. The Morgan fingerprint density at radius 3 is 2.33 bits per heavy atom. The second-order valence-corrected chi connectivity index (χ2v) is 11.2. The minimum Gasteiger partial charge on any atom is -0.486 e. The van der Waals surface area contributed by atoms with Crippen LogP contribution in [-0.4, -0.2) is 51.4 Å². The Bertz CT molecular complexity index is 1460. The molecule has 11 heteroatoms. The molecule has 0 spiro atoms. The van der Waals surface area contributed by atoms with Gasteiger partial charge in [0.2, 0.25) is 11.8 Å². The van der Waals surface area contributed by atoms with Gasteiger partial charge in [0.15, 0.2) is 11.5 Å². The molecule has 0 unspecified atom stereocenters. The van der Waals surface area contributed by atoms with E-state index in [9.17, 15) is 22.4 Å². The number of hydrogen-bond acceptors (Lipinski definition) is 6. The van der Waals surface area contributed by atoms with Crippen molar-refractivity contribution in [1.29, 1.82) is 0 Å². The standard InChI is InChI=1S/C28H28FN3O6S/c29-22-7-9-23(10-8-22)32(39(35,36)24-11-12-25-26(16-24)38-15-14-37-25)19-27(33)30-17-20-3-5-21(6-4-20)18-31-13-1-2-28(31)34/h3-12,16H,1-2,13-15,17-19H2,(H,30,33). The van der Waals surface area contributed by atoms with E-state index in [1.807, 2.05) is 29.2 Å². The van der Waals surface area contributed by atoms with Crippen LogP contribution in [0.2, 0.25) is 0 Å². The van der Waals surface area contributed by atoms with Crippen molar-refractivity contribution in [1.82, 2.24) is 10.2 Å². The van der Waals surface area contributed by atoms with E-state index in [-0.39, 0.29) is 29.6 Å². The van der Waals surface area contributed by atoms with Crippen molar-refractivity contribution in [3.05, 3.63) is 83.7 Å². The van der Waals surface area contributed by atoms with Gasteiger partial charge < -0.3 is 19.7 Å². The van der Waals surface area contributed by atoms with E-state index < -0.39 is 28.3 Å². The van der Waals surface area contributed by atoms with Crippen LogP contribution in [-0.2, 0) is 32.7 Å². The molecule has 1 N–H and O–H groups in total. The van der Waals surface area contributed by atoms with E-state index in [0.717, 1.165) is 40.5 Å². The van der Waals surface area contributed by atoms with Gasteiger partial charge in [0, 0.05) is 32.1 Å². The molecule has 2 aliphatic rings. The smallest absolute Gasteiger partial charge is 0.264 e. The summed E-state index contributed by atoms with van der Waals surface area (Å²) >= 11 is 0. The number of sulfonamides is 1. The fourth-order valence-corrected chi connectivity index (χ4v) is 5.91. The lowest BCUT2D eigenvalue weighted by molar-refractivity contribution is -0.128. The summed E-state index contributed by atoms with van der Waals surface area (Å²) in [5.41, 5.74) is 1.96. The number of benzene rings is 3. The Hall–Kier alpha value is -4.12. The van der Waals surface area contributed by atoms with Crippen LogP contribution in [0.3, 0.4) is 0 Å². The zero-order valence-corrected chi connectivity index (χ0v) is 22.0. The highest BCUT2D eigenvalue weighted by atomic mass is 32.2. The van der Waals surface area contributed by atoms with Gasteiger partial charge in [-0.3, -0.25) is 13.9 Å². The van der Waals surface area contributed by atoms with Crippen LogP contribution in [0.5, 0.6) is 11.5 Å². The number of fused-ring (bicyclic) bond motifs is 1. The third kappa shape index (κ3) is 6.14. The van der Waals surface area contributed by atoms with Crippen molar-refractivity contribution in [2.24, 2.45) is 0 Å². The lowest BCUT2D eigenvalue weighted by Crippen LogP contribution is -2.40. The number of amides is 2. The number of anilines is 1. The van der Waals surface area contributed by atoms with Crippen molar-refractivity contribution in [3.63, 3.8) is 0 Å². The molecule has 0 atom stereocenters. The van der Waals surface area contributed by atoms with Crippen molar-refractivity contribution in [2.45, 2.75) is 30.8 Å². The van der Waals surface area contributed by atoms with Crippen molar-refractivity contribution < 1.29 is 31.9 Å². The van der Waals surface area contributed by atoms with E-state index in [2.05, 4.69) is 5.32 Å². The minimum absolute atomic E-state index is 0.0871. The lowest BCUT2D eigenvalue weighted by atomic mass is 10.1. The first-order valence-electron chi connectivity index (χ1n) is 12.6. The van der Waals surface area contributed by atoms with Gasteiger partial charge >= 0.3 is 0 Å². The first kappa shape index (κ1) is 26.5. The summed E-state index contributed by atoms with van der Waals surface area (Å²) in [5, 5.41) is 2.76. The molecule has 3 aromatic carbocycles. The van der Waals surface area contributed by atoms with Crippen LogP contribution >= 0.6 is 0 Å². The van der Waals surface area contributed by atoms with E-state index in [4.69, 9.17) is 9.47 Å². The Kier molecular flexibility index (Phi) is 7.69. The molecule has 1 fully saturated rings. The number of hydrogen-bond donors (Lipinski definition) is 1. The van der Waals surface area contributed by atoms with Crippen LogP contribution in [0.25, 0.3) is 0 Å². The molecule has 39 heavy (non-hydrogen) atoms. The fraction of sp³-hybridized carbons (Fsp3) is 0.286. The zero-order valence-electron chi connectivity index (χ0n) is 21.1. The molecule has 0 aliphatic carbocycles. The molecular weight excluding hydrogens is 525 g/mol. The van der Waals surface area contributed by atoms with E-state index in [1.54, 1.807) is 0 Å². The average Bonchev–Trinajstić information content (AvgIpc) is 3.35. The Labute approximate surface area is 226 Å². The number of nitrogens with zero attached hydrogens (tertiary/aromatic N) is 2. The number of halogens is 1. The number of rotatable bonds is 9. The Morgan fingerprint density at radius 1 is 0.949 bits per heavy atom. The van der Waals surface area contributed by atoms with E-state index >= 15 is 0 Å². The molecule has 2 amide bonds. The molecule has 2 heterocycles. The highest BCUT2D eigenvalue weighted by molar-refractivity contribution is 7.92. The molecule has 0 saturated carbocycles. The van der Waals surface area contributed by atoms with Crippen molar-refractivity contribution >= 4 is 27.5 Å². The number of likely N-dealkylation sites (tertiary alicyclic amines) is 1. The summed E-state index contributed by atoms with van der Waals surface area (Å²) in [6.45, 7) is 1.63. The van der Waals surface area contributed by atoms with Gasteiger partial charge in [0.05, 0.1) is 10.6 Å². The first-order valence-corrected chi connectivity index (χ1v) is 14.0. The van der Waals surface area contributed by atoms with Gasteiger partial charge in [0.25, 0.3) is 10.0 Å². The highest BCUT2D eigenvalue weighted by Crippen LogP contribution is 2.34. The van der Waals surface area contributed by atoms with Crippen LogP contribution in [0, 0.1) is 5.82 Å². The van der Waals surface area contributed by atoms with Crippen LogP contribution in [0.15, 0.2) is 71.6 Å². The average molecular weight is 554 g/mol. The predicted octanol–water partition coefficient (Wildman–Crippen LogP) is 3.23. The molecule has 5 rings (SSSR count). The van der Waals surface area contributed by atoms with Crippen molar-refractivity contribution in [3.8, 4) is 11.5 Å². The third-order valence-corrected chi connectivity index (χ3v) is 8.33. The second-order valence-electron chi connectivity index (χ2n) is 9.31. The van der Waals surface area contributed by atoms with Gasteiger partial charge in [-0.2, -0.15) is 0 Å². The van der Waals surface area contributed by atoms with Gasteiger partial charge in [-0.1, -0.05) is 24.3 Å². The minimum atomic E-state index is -4.22. The summed E-state index contributed by atoms with van der Waals surface area (Å²) in [6, 6.07) is 16.7. The molecule has 2 aliphatic heterocycles. The van der Waals surface area contributed by atoms with Gasteiger partial charge in [-0.15, -0.1) is 0 Å². The highest BCUT2D eigenvalue weighted by Gasteiger charge is 2.29. The topological polar surface area (TPSA) is 105 Å². The summed E-state index contributed by atoms with van der Waals surface area (Å²) in [6.07, 6.45) is 1.46. The first-order chi connectivity index (χ1) is 18.8. The lowest BCUT2D eigenvalue weighted by Gasteiger charge is -2.25. The fourth-order valence-electron chi connectivity index (χ4n) is 4.47. The van der Waals surface area contributed by atoms with Gasteiger partial charge in [0.1, 0.15) is 25.6 Å². The van der Waals surface area contributed by atoms with Crippen LogP contribution in [0.4, 0.5) is 10.1 Å². The largest absolute Gasteiger partial charge is 0.486 e. The normalized spacial score (nSPS) is 14.8.